The van der Waals surface area contributed by atoms with E-state index < -0.39 is 16.1 Å². The number of sulfonamides is 1. The third kappa shape index (κ3) is 6.69. The Kier molecular flexibility index (Phi) is 8.18. The van der Waals surface area contributed by atoms with Gasteiger partial charge in [-0.15, -0.1) is 0 Å². The Morgan fingerprint density at radius 3 is 2.76 bits per heavy atom. The van der Waals surface area contributed by atoms with Crippen molar-refractivity contribution in [3.63, 3.8) is 0 Å². The van der Waals surface area contributed by atoms with Crippen molar-refractivity contribution >= 4 is 39.4 Å². The molecule has 1 fully saturated rings. The normalized spacial score (nSPS) is 14.2. The van der Waals surface area contributed by atoms with Gasteiger partial charge < -0.3 is 19.8 Å². The van der Waals surface area contributed by atoms with Crippen LogP contribution < -0.4 is 15.4 Å². The first-order valence-corrected chi connectivity index (χ1v) is 14.0. The van der Waals surface area contributed by atoms with Crippen LogP contribution in [0.4, 0.5) is 16.4 Å². The number of ether oxygens (including phenoxy) is 1. The number of carbonyl (C=O) groups excluding carboxylic acids is 1. The van der Waals surface area contributed by atoms with Crippen LogP contribution in [0.25, 0.3) is 22.7 Å². The van der Waals surface area contributed by atoms with Crippen LogP contribution in [0, 0.1) is 0 Å². The van der Waals surface area contributed by atoms with Gasteiger partial charge in [0.2, 0.25) is 16.0 Å². The summed E-state index contributed by atoms with van der Waals surface area (Å²) in [5.74, 6) is 1.53. The van der Waals surface area contributed by atoms with Crippen LogP contribution in [0.2, 0.25) is 5.02 Å². The first kappa shape index (κ1) is 26.7. The van der Waals surface area contributed by atoms with E-state index in [1.807, 2.05) is 6.92 Å². The molecule has 1 aliphatic rings. The molecule has 1 aliphatic carbocycles. The Morgan fingerprint density at radius 2 is 2.05 bits per heavy atom. The molecule has 11 nitrogen and oxygen atoms in total. The lowest BCUT2D eigenvalue weighted by molar-refractivity contribution is 0.168. The Bertz CT molecular complexity index is 1380. The third-order valence-corrected chi connectivity index (χ3v) is 7.45. The zero-order valence-corrected chi connectivity index (χ0v) is 22.3. The molecule has 4 rings (SSSR count). The number of halogens is 1. The van der Waals surface area contributed by atoms with E-state index in [2.05, 4.69) is 30.1 Å². The minimum Gasteiger partial charge on any atom is -0.453 e. The van der Waals surface area contributed by atoms with Crippen molar-refractivity contribution < 1.29 is 22.4 Å². The van der Waals surface area contributed by atoms with Crippen LogP contribution in [0.3, 0.4) is 0 Å². The van der Waals surface area contributed by atoms with Crippen molar-refractivity contribution in [3.05, 3.63) is 41.4 Å². The van der Waals surface area contributed by atoms with E-state index in [9.17, 15) is 13.2 Å². The number of aromatic nitrogens is 3. The predicted octanol–water partition coefficient (Wildman–Crippen LogP) is 4.64. The van der Waals surface area contributed by atoms with Gasteiger partial charge in [0.25, 0.3) is 0 Å². The maximum atomic E-state index is 12.4. The number of benzene rings is 1. The number of alkyl carbamates (subject to hydrolysis) is 1. The summed E-state index contributed by atoms with van der Waals surface area (Å²) >= 11 is 6.68. The number of hydrogen-bond acceptors (Lipinski definition) is 9. The third-order valence-electron chi connectivity index (χ3n) is 5.57. The fourth-order valence-corrected chi connectivity index (χ4v) is 5.07. The molecular formula is C24H29ClN6O5S. The fourth-order valence-electron chi connectivity index (χ4n) is 3.60. The van der Waals surface area contributed by atoms with Gasteiger partial charge in [-0.2, -0.15) is 0 Å². The number of anilines is 2. The summed E-state index contributed by atoms with van der Waals surface area (Å²) in [5.41, 5.74) is 1.74. The maximum Gasteiger partial charge on any atom is 0.407 e. The zero-order chi connectivity index (χ0) is 26.6. The number of hydrogen-bond donors (Lipinski definition) is 3. The highest BCUT2D eigenvalue weighted by Gasteiger charge is 2.32. The summed E-state index contributed by atoms with van der Waals surface area (Å²) in [6.45, 7) is 3.97. The molecule has 1 amide bonds. The van der Waals surface area contributed by atoms with E-state index in [0.29, 0.717) is 47.5 Å². The molecule has 0 unspecified atom stereocenters. The van der Waals surface area contributed by atoms with Crippen molar-refractivity contribution in [2.45, 2.75) is 45.1 Å². The Labute approximate surface area is 220 Å². The van der Waals surface area contributed by atoms with Gasteiger partial charge in [0.1, 0.15) is 11.4 Å². The van der Waals surface area contributed by atoms with Crippen LogP contribution >= 0.6 is 11.6 Å². The first-order valence-electron chi connectivity index (χ1n) is 11.9. The molecule has 3 N–H and O–H groups in total. The molecule has 37 heavy (non-hydrogen) atoms. The zero-order valence-electron chi connectivity index (χ0n) is 20.7. The van der Waals surface area contributed by atoms with Crippen molar-refractivity contribution in [1.82, 2.24) is 20.3 Å². The van der Waals surface area contributed by atoms with Gasteiger partial charge in [-0.25, -0.2) is 28.2 Å². The maximum absolute atomic E-state index is 12.4. The largest absolute Gasteiger partial charge is 0.453 e. The average molecular weight is 549 g/mol. The second kappa shape index (κ2) is 11.3. The lowest BCUT2D eigenvalue weighted by Gasteiger charge is -2.14. The molecule has 3 aromatic rings. The highest BCUT2D eigenvalue weighted by Crippen LogP contribution is 2.45. The minimum atomic E-state index is -3.54. The number of nitrogens with zero attached hydrogens (tertiary/aromatic N) is 3. The monoisotopic (exact) mass is 548 g/mol. The SMILES string of the molecule is CCCS(=O)(=O)Nc1cccc(-c2nc(C3CC3)oc2-c2ccnc(NC[C@H](C)NC(=O)OC)n2)c1Cl. The van der Waals surface area contributed by atoms with Crippen molar-refractivity contribution in [2.24, 2.45) is 0 Å². The van der Waals surface area contributed by atoms with Gasteiger partial charge in [-0.05, 0) is 38.3 Å². The number of methoxy groups -OCH3 is 1. The van der Waals surface area contributed by atoms with E-state index in [4.69, 9.17) is 21.0 Å². The molecule has 0 saturated heterocycles. The molecule has 0 radical (unpaired) electrons. The van der Waals surface area contributed by atoms with E-state index in [0.717, 1.165) is 12.8 Å². The topological polar surface area (TPSA) is 148 Å². The van der Waals surface area contributed by atoms with Gasteiger partial charge in [-0.3, -0.25) is 4.72 Å². The van der Waals surface area contributed by atoms with E-state index in [-0.39, 0.29) is 28.4 Å². The van der Waals surface area contributed by atoms with Crippen LogP contribution in [-0.2, 0) is 14.8 Å². The average Bonchev–Trinajstić information content (AvgIpc) is 3.62. The molecule has 1 atom stereocenters. The fraction of sp³-hybridized carbons (Fsp3) is 0.417. The lowest BCUT2D eigenvalue weighted by Crippen LogP contribution is -2.37. The highest BCUT2D eigenvalue weighted by molar-refractivity contribution is 7.92. The molecule has 1 saturated carbocycles. The Balaban J connectivity index is 1.66. The predicted molar refractivity (Wildman–Crippen MR) is 141 cm³/mol. The number of nitrogens with one attached hydrogen (secondary N) is 3. The smallest absolute Gasteiger partial charge is 0.407 e. The standard InChI is InChI=1S/C24H29ClN6O5S/c1-4-12-37(33,34)31-17-7-5-6-16(19(17)25)20-21(36-22(30-20)15-8-9-15)18-10-11-26-23(29-18)27-13-14(2)28-24(32)35-3/h5-7,10-11,14-15,31H,4,8-9,12-13H2,1-3H3,(H,28,32)(H,26,27,29)/t14-/m0/s1. The van der Waals surface area contributed by atoms with E-state index in [1.165, 1.54) is 7.11 Å². The van der Waals surface area contributed by atoms with Crippen LogP contribution in [0.1, 0.15) is 44.9 Å². The Hall–Kier alpha value is -3.38. The summed E-state index contributed by atoms with van der Waals surface area (Å²) < 4.78 is 38.0. The number of rotatable bonds is 11. The quantitative estimate of drug-likeness (QED) is 0.311. The summed E-state index contributed by atoms with van der Waals surface area (Å²) in [6, 6.07) is 6.54. The van der Waals surface area contributed by atoms with Gasteiger partial charge in [0, 0.05) is 30.3 Å². The van der Waals surface area contributed by atoms with E-state index in [1.54, 1.807) is 37.4 Å². The van der Waals surface area contributed by atoms with Crippen molar-refractivity contribution in [1.29, 1.82) is 0 Å². The molecule has 2 heterocycles. The van der Waals surface area contributed by atoms with Crippen molar-refractivity contribution in [2.75, 3.05) is 29.4 Å². The van der Waals surface area contributed by atoms with Gasteiger partial charge in [0.15, 0.2) is 11.7 Å². The number of amides is 1. The van der Waals surface area contributed by atoms with Gasteiger partial charge >= 0.3 is 6.09 Å². The van der Waals surface area contributed by atoms with Crippen LogP contribution in [-0.4, -0.2) is 54.9 Å². The Morgan fingerprint density at radius 1 is 1.27 bits per heavy atom. The second-order valence-corrected chi connectivity index (χ2v) is 11.0. The summed E-state index contributed by atoms with van der Waals surface area (Å²) in [7, 11) is -2.24. The molecule has 0 aliphatic heterocycles. The molecule has 2 aromatic heterocycles. The van der Waals surface area contributed by atoms with Crippen LogP contribution in [0.5, 0.6) is 0 Å². The first-order chi connectivity index (χ1) is 17.7. The van der Waals surface area contributed by atoms with Gasteiger partial charge in [-0.1, -0.05) is 30.7 Å². The molecule has 198 valence electrons. The number of carbonyl (C=O) groups is 1. The van der Waals surface area contributed by atoms with E-state index >= 15 is 0 Å². The van der Waals surface area contributed by atoms with Crippen LogP contribution in [0.15, 0.2) is 34.9 Å². The van der Waals surface area contributed by atoms with Gasteiger partial charge in [0.05, 0.1) is 23.6 Å². The lowest BCUT2D eigenvalue weighted by atomic mass is 10.1. The summed E-state index contributed by atoms with van der Waals surface area (Å²) in [5, 5.41) is 5.97. The molecular weight excluding hydrogens is 520 g/mol. The second-order valence-electron chi connectivity index (χ2n) is 8.78. The van der Waals surface area contributed by atoms with Crippen molar-refractivity contribution in [3.8, 4) is 22.7 Å². The summed E-state index contributed by atoms with van der Waals surface area (Å²) in [4.78, 5) is 25.0. The molecule has 0 spiro atoms. The molecule has 1 aromatic carbocycles. The molecule has 13 heteroatoms. The number of oxazole rings is 1. The summed E-state index contributed by atoms with van der Waals surface area (Å²) in [6.07, 6.45) is 3.49. The molecule has 0 bridgehead atoms. The highest BCUT2D eigenvalue weighted by atomic mass is 35.5. The minimum absolute atomic E-state index is 0.0148.